The van der Waals surface area contributed by atoms with E-state index < -0.39 is 0 Å². The molecular formula is C21H16N4O. The van der Waals surface area contributed by atoms with Gasteiger partial charge in [0.05, 0.1) is 16.6 Å². The molecule has 1 amide bonds. The molecule has 5 heteroatoms. The fraction of sp³-hybridized carbons (Fsp3) is 0.0952. The molecule has 0 saturated carbocycles. The first kappa shape index (κ1) is 14.8. The summed E-state index contributed by atoms with van der Waals surface area (Å²) in [5.74, 6) is 0.856. The molecule has 126 valence electrons. The molecule has 0 unspecified atom stereocenters. The topological polar surface area (TPSA) is 59.8 Å². The number of benzene rings is 2. The maximum atomic E-state index is 12.3. The number of amides is 1. The smallest absolute Gasteiger partial charge is 0.253 e. The first-order valence-electron chi connectivity index (χ1n) is 8.59. The van der Waals surface area contributed by atoms with E-state index >= 15 is 0 Å². The molecule has 1 N–H and O–H groups in total. The summed E-state index contributed by atoms with van der Waals surface area (Å²) in [7, 11) is 0. The second kappa shape index (κ2) is 5.81. The predicted octanol–water partition coefficient (Wildman–Crippen LogP) is 3.51. The molecule has 0 fully saturated rings. The Morgan fingerprint density at radius 2 is 1.77 bits per heavy atom. The average Bonchev–Trinajstić information content (AvgIpc) is 2.98. The van der Waals surface area contributed by atoms with Gasteiger partial charge in [-0.1, -0.05) is 36.4 Å². The number of carbonyl (C=O) groups is 1. The Bertz CT molecular complexity index is 1110. The van der Waals surface area contributed by atoms with Gasteiger partial charge in [0.25, 0.3) is 5.91 Å². The van der Waals surface area contributed by atoms with Crippen LogP contribution in [-0.2, 0) is 6.54 Å². The van der Waals surface area contributed by atoms with Crippen LogP contribution in [0.2, 0.25) is 0 Å². The number of imidazole rings is 1. The Hall–Kier alpha value is -3.47. The van der Waals surface area contributed by atoms with Crippen LogP contribution in [0.25, 0.3) is 33.5 Å². The van der Waals surface area contributed by atoms with Crippen molar-refractivity contribution in [3.63, 3.8) is 0 Å². The van der Waals surface area contributed by atoms with E-state index in [9.17, 15) is 4.79 Å². The third-order valence-corrected chi connectivity index (χ3v) is 4.77. The Balaban J connectivity index is 1.64. The van der Waals surface area contributed by atoms with Gasteiger partial charge in [-0.05, 0) is 29.3 Å². The van der Waals surface area contributed by atoms with E-state index in [-0.39, 0.29) is 5.91 Å². The highest BCUT2D eigenvalue weighted by Gasteiger charge is 2.21. The highest BCUT2D eigenvalue weighted by atomic mass is 16.1. The van der Waals surface area contributed by atoms with Gasteiger partial charge in [-0.25, -0.2) is 4.98 Å². The number of hydrogen-bond acceptors (Lipinski definition) is 3. The minimum Gasteiger partial charge on any atom is -0.350 e. The first-order valence-corrected chi connectivity index (χ1v) is 8.59. The fourth-order valence-electron chi connectivity index (χ4n) is 3.53. The Labute approximate surface area is 150 Å². The van der Waals surface area contributed by atoms with Crippen LogP contribution in [0.1, 0.15) is 10.4 Å². The number of pyridine rings is 1. The van der Waals surface area contributed by atoms with E-state index in [0.29, 0.717) is 18.7 Å². The zero-order valence-electron chi connectivity index (χ0n) is 14.0. The van der Waals surface area contributed by atoms with Gasteiger partial charge in [0, 0.05) is 31.0 Å². The van der Waals surface area contributed by atoms with Crippen molar-refractivity contribution in [2.45, 2.75) is 6.54 Å². The Morgan fingerprint density at radius 3 is 2.58 bits per heavy atom. The highest BCUT2D eigenvalue weighted by molar-refractivity contribution is 6.06. The lowest BCUT2D eigenvalue weighted by Crippen LogP contribution is -2.24. The molecule has 0 atom stereocenters. The van der Waals surface area contributed by atoms with Crippen molar-refractivity contribution in [1.82, 2.24) is 19.9 Å². The minimum absolute atomic E-state index is 0.0345. The Morgan fingerprint density at radius 1 is 0.923 bits per heavy atom. The van der Waals surface area contributed by atoms with Gasteiger partial charge in [-0.3, -0.25) is 9.78 Å². The summed E-state index contributed by atoms with van der Waals surface area (Å²) in [6, 6.07) is 18.0. The summed E-state index contributed by atoms with van der Waals surface area (Å²) in [5.41, 5.74) is 5.69. The molecule has 0 radical (unpaired) electrons. The molecular weight excluding hydrogens is 324 g/mol. The monoisotopic (exact) mass is 340 g/mol. The van der Waals surface area contributed by atoms with Crippen molar-refractivity contribution in [2.75, 3.05) is 6.54 Å². The van der Waals surface area contributed by atoms with Crippen LogP contribution in [0.15, 0.2) is 67.0 Å². The third-order valence-electron chi connectivity index (χ3n) is 4.77. The van der Waals surface area contributed by atoms with Gasteiger partial charge in [-0.2, -0.15) is 0 Å². The molecule has 0 spiro atoms. The van der Waals surface area contributed by atoms with Crippen LogP contribution in [0.4, 0.5) is 0 Å². The molecule has 1 aliphatic rings. The number of aromatic nitrogens is 3. The maximum absolute atomic E-state index is 12.3. The van der Waals surface area contributed by atoms with Crippen LogP contribution < -0.4 is 5.32 Å². The van der Waals surface area contributed by atoms with E-state index in [1.54, 1.807) is 6.20 Å². The van der Waals surface area contributed by atoms with Gasteiger partial charge in [0.15, 0.2) is 0 Å². The second-order valence-electron chi connectivity index (χ2n) is 6.34. The summed E-state index contributed by atoms with van der Waals surface area (Å²) in [5, 5.41) is 2.95. The summed E-state index contributed by atoms with van der Waals surface area (Å²) >= 11 is 0. The van der Waals surface area contributed by atoms with Gasteiger partial charge >= 0.3 is 0 Å². The predicted molar refractivity (Wildman–Crippen MR) is 101 cm³/mol. The number of rotatable bonds is 2. The molecule has 2 aromatic heterocycles. The van der Waals surface area contributed by atoms with E-state index in [2.05, 4.69) is 39.1 Å². The number of nitrogens with zero attached hydrogens (tertiary/aromatic N) is 3. The number of para-hydroxylation sites is 1. The van der Waals surface area contributed by atoms with Crippen molar-refractivity contribution in [1.29, 1.82) is 0 Å². The van der Waals surface area contributed by atoms with Crippen molar-refractivity contribution < 1.29 is 4.79 Å². The van der Waals surface area contributed by atoms with Crippen LogP contribution >= 0.6 is 0 Å². The molecule has 1 aliphatic heterocycles. The summed E-state index contributed by atoms with van der Waals surface area (Å²) in [6.45, 7) is 1.30. The molecule has 3 heterocycles. The van der Waals surface area contributed by atoms with E-state index in [1.807, 2.05) is 36.5 Å². The van der Waals surface area contributed by atoms with Crippen molar-refractivity contribution in [2.24, 2.45) is 0 Å². The summed E-state index contributed by atoms with van der Waals surface area (Å²) < 4.78 is 2.14. The molecule has 4 aromatic rings. The number of nitrogens with one attached hydrogen (secondary N) is 1. The van der Waals surface area contributed by atoms with Crippen LogP contribution in [0.3, 0.4) is 0 Å². The van der Waals surface area contributed by atoms with Crippen LogP contribution in [0.5, 0.6) is 0 Å². The molecule has 5 rings (SSSR count). The van der Waals surface area contributed by atoms with Crippen molar-refractivity contribution >= 4 is 16.9 Å². The lowest BCUT2D eigenvalue weighted by molar-refractivity contribution is 0.0956. The molecule has 26 heavy (non-hydrogen) atoms. The van der Waals surface area contributed by atoms with Gasteiger partial charge in [0.1, 0.15) is 5.82 Å². The standard InChI is InChI=1S/C21H16N4O/c26-21-17-4-1-5-18-19(17)25(12-11-23-21)20(24-18)15-8-6-14(7-9-15)16-3-2-10-22-13-16/h1-10,13H,11-12H2,(H,23,26). The quantitative estimate of drug-likeness (QED) is 0.607. The maximum Gasteiger partial charge on any atom is 0.253 e. The van der Waals surface area contributed by atoms with Gasteiger partial charge < -0.3 is 9.88 Å². The average molecular weight is 340 g/mol. The van der Waals surface area contributed by atoms with Crippen LogP contribution in [0, 0.1) is 0 Å². The van der Waals surface area contributed by atoms with Crippen LogP contribution in [-0.4, -0.2) is 27.0 Å². The zero-order valence-corrected chi connectivity index (χ0v) is 14.0. The van der Waals surface area contributed by atoms with Crippen molar-refractivity contribution in [3.8, 4) is 22.5 Å². The van der Waals surface area contributed by atoms with Gasteiger partial charge in [-0.15, -0.1) is 0 Å². The molecule has 0 saturated heterocycles. The van der Waals surface area contributed by atoms with E-state index in [4.69, 9.17) is 4.98 Å². The zero-order chi connectivity index (χ0) is 17.5. The molecule has 0 bridgehead atoms. The highest BCUT2D eigenvalue weighted by Crippen LogP contribution is 2.29. The Kier molecular flexibility index (Phi) is 3.31. The lowest BCUT2D eigenvalue weighted by atomic mass is 10.1. The van der Waals surface area contributed by atoms with E-state index in [1.165, 1.54) is 0 Å². The first-order chi connectivity index (χ1) is 12.8. The largest absolute Gasteiger partial charge is 0.350 e. The SMILES string of the molecule is O=C1NCCn2c(-c3ccc(-c4cccnc4)cc3)nc3cccc1c32. The third kappa shape index (κ3) is 2.29. The summed E-state index contributed by atoms with van der Waals surface area (Å²) in [4.78, 5) is 21.3. The molecule has 0 aliphatic carbocycles. The molecule has 2 aromatic carbocycles. The minimum atomic E-state index is -0.0345. The van der Waals surface area contributed by atoms with Gasteiger partial charge in [0.2, 0.25) is 0 Å². The molecule has 5 nitrogen and oxygen atoms in total. The number of carbonyl (C=O) groups excluding carboxylic acids is 1. The van der Waals surface area contributed by atoms with Crippen molar-refractivity contribution in [3.05, 3.63) is 72.6 Å². The van der Waals surface area contributed by atoms with E-state index in [0.717, 1.165) is 33.5 Å². The lowest BCUT2D eigenvalue weighted by Gasteiger charge is -2.08. The second-order valence-corrected chi connectivity index (χ2v) is 6.34. The normalized spacial score (nSPS) is 13.5. The fourth-order valence-corrected chi connectivity index (χ4v) is 3.53. The summed E-state index contributed by atoms with van der Waals surface area (Å²) in [6.07, 6.45) is 3.63. The number of hydrogen-bond donors (Lipinski definition) is 1.